The minimum Gasteiger partial charge on any atom is -0.475 e. The van der Waals surface area contributed by atoms with Gasteiger partial charge in [0.25, 0.3) is 0 Å². The second kappa shape index (κ2) is 6.33. The van der Waals surface area contributed by atoms with Gasteiger partial charge >= 0.3 is 5.97 Å². The quantitative estimate of drug-likeness (QED) is 0.779. The van der Waals surface area contributed by atoms with E-state index in [1.54, 1.807) is 6.07 Å². The lowest BCUT2D eigenvalue weighted by atomic mass is 9.96. The molecule has 0 atom stereocenters. The molecule has 0 bridgehead atoms. The van der Waals surface area contributed by atoms with Crippen LogP contribution in [0, 0.1) is 6.92 Å². The zero-order valence-electron chi connectivity index (χ0n) is 13.9. The van der Waals surface area contributed by atoms with Gasteiger partial charge in [-0.1, -0.05) is 23.4 Å². The first kappa shape index (κ1) is 15.8. The third-order valence-corrected chi connectivity index (χ3v) is 4.75. The van der Waals surface area contributed by atoms with E-state index in [0.29, 0.717) is 23.8 Å². The number of piperidine rings is 1. The molecule has 1 aliphatic heterocycles. The van der Waals surface area contributed by atoms with E-state index < -0.39 is 5.97 Å². The van der Waals surface area contributed by atoms with Crippen molar-refractivity contribution in [1.82, 2.24) is 15.0 Å². The predicted octanol–water partition coefficient (Wildman–Crippen LogP) is 3.20. The molecule has 7 nitrogen and oxygen atoms in total. The molecule has 0 unspecified atom stereocenters. The predicted molar refractivity (Wildman–Crippen MR) is 89.5 cm³/mol. The molecule has 7 heteroatoms. The fraction of sp³-hybridized carbons (Fsp3) is 0.389. The molecule has 1 aliphatic rings. The van der Waals surface area contributed by atoms with Gasteiger partial charge in [0.05, 0.1) is 0 Å². The summed E-state index contributed by atoms with van der Waals surface area (Å²) in [5.41, 5.74) is 1.36. The van der Waals surface area contributed by atoms with E-state index in [-0.39, 0.29) is 11.7 Å². The van der Waals surface area contributed by atoms with Crippen molar-refractivity contribution in [3.05, 3.63) is 47.3 Å². The number of rotatable bonds is 4. The lowest BCUT2D eigenvalue weighted by molar-refractivity contribution is 0.0661. The van der Waals surface area contributed by atoms with Crippen LogP contribution in [0.2, 0.25) is 0 Å². The minimum atomic E-state index is -1.03. The Hall–Kier alpha value is -2.67. The number of nitrogens with zero attached hydrogens (tertiary/aromatic N) is 3. The van der Waals surface area contributed by atoms with Crippen LogP contribution in [0.4, 0.5) is 0 Å². The van der Waals surface area contributed by atoms with Gasteiger partial charge in [-0.25, -0.2) is 4.79 Å². The van der Waals surface area contributed by atoms with Gasteiger partial charge in [0.15, 0.2) is 5.82 Å². The number of hydrogen-bond acceptors (Lipinski definition) is 6. The molecule has 130 valence electrons. The van der Waals surface area contributed by atoms with Crippen LogP contribution >= 0.6 is 0 Å². The number of likely N-dealkylation sites (tertiary alicyclic amines) is 1. The number of benzene rings is 1. The van der Waals surface area contributed by atoms with Crippen molar-refractivity contribution in [2.24, 2.45) is 0 Å². The number of hydrogen-bond donors (Lipinski definition) is 1. The number of furan rings is 1. The summed E-state index contributed by atoms with van der Waals surface area (Å²) in [7, 11) is 0. The Balaban J connectivity index is 1.51. The van der Waals surface area contributed by atoms with Crippen LogP contribution in [0.5, 0.6) is 0 Å². The van der Waals surface area contributed by atoms with E-state index in [0.717, 1.165) is 36.9 Å². The second-order valence-electron chi connectivity index (χ2n) is 6.44. The van der Waals surface area contributed by atoms with Crippen LogP contribution in [0.3, 0.4) is 0 Å². The highest BCUT2D eigenvalue weighted by atomic mass is 16.5. The van der Waals surface area contributed by atoms with Crippen LogP contribution in [-0.2, 0) is 6.54 Å². The maximum atomic E-state index is 11.5. The Labute approximate surface area is 144 Å². The molecule has 0 aliphatic carbocycles. The first-order valence-electron chi connectivity index (χ1n) is 8.38. The first-order valence-corrected chi connectivity index (χ1v) is 8.38. The lowest BCUT2D eigenvalue weighted by Gasteiger charge is -2.30. The third-order valence-electron chi connectivity index (χ3n) is 4.75. The number of aromatic carboxylic acids is 1. The second-order valence-corrected chi connectivity index (χ2v) is 6.44. The molecule has 0 amide bonds. The van der Waals surface area contributed by atoms with Crippen molar-refractivity contribution in [2.45, 2.75) is 32.2 Å². The summed E-state index contributed by atoms with van der Waals surface area (Å²) in [4.78, 5) is 18.1. The van der Waals surface area contributed by atoms with Crippen LogP contribution < -0.4 is 0 Å². The van der Waals surface area contributed by atoms with Gasteiger partial charge in [-0.15, -0.1) is 0 Å². The van der Waals surface area contributed by atoms with E-state index >= 15 is 0 Å². The molecule has 1 aromatic carbocycles. The highest BCUT2D eigenvalue weighted by molar-refractivity contribution is 5.95. The van der Waals surface area contributed by atoms with Gasteiger partial charge in [-0.3, -0.25) is 4.90 Å². The Morgan fingerprint density at radius 2 is 2.08 bits per heavy atom. The van der Waals surface area contributed by atoms with Gasteiger partial charge in [-0.05, 0) is 38.9 Å². The fourth-order valence-corrected chi connectivity index (χ4v) is 3.47. The largest absolute Gasteiger partial charge is 0.475 e. The van der Waals surface area contributed by atoms with Gasteiger partial charge in [0.1, 0.15) is 5.58 Å². The molecule has 1 fully saturated rings. The number of carboxylic acid groups (broad SMARTS) is 1. The maximum Gasteiger partial charge on any atom is 0.372 e. The van der Waals surface area contributed by atoms with Crippen molar-refractivity contribution >= 4 is 16.9 Å². The molecule has 0 saturated carbocycles. The molecule has 0 radical (unpaired) electrons. The number of aryl methyl sites for hydroxylation is 1. The van der Waals surface area contributed by atoms with Crippen LogP contribution in [0.1, 0.15) is 46.6 Å². The summed E-state index contributed by atoms with van der Waals surface area (Å²) in [6.45, 7) is 4.09. The summed E-state index contributed by atoms with van der Waals surface area (Å²) in [5.74, 6) is 0.654. The molecule has 1 N–H and O–H groups in total. The lowest BCUT2D eigenvalue weighted by Crippen LogP contribution is -2.32. The van der Waals surface area contributed by atoms with Crippen molar-refractivity contribution < 1.29 is 18.8 Å². The highest BCUT2D eigenvalue weighted by Gasteiger charge is 2.27. The van der Waals surface area contributed by atoms with Crippen LogP contribution in [0.25, 0.3) is 11.0 Å². The third kappa shape index (κ3) is 3.02. The zero-order valence-corrected chi connectivity index (χ0v) is 13.9. The van der Waals surface area contributed by atoms with Gasteiger partial charge in [0, 0.05) is 23.4 Å². The molecular weight excluding hydrogens is 322 g/mol. The van der Waals surface area contributed by atoms with Crippen molar-refractivity contribution in [3.8, 4) is 0 Å². The maximum absolute atomic E-state index is 11.5. The van der Waals surface area contributed by atoms with Crippen molar-refractivity contribution in [2.75, 3.05) is 13.1 Å². The Kier molecular flexibility index (Phi) is 4.01. The smallest absolute Gasteiger partial charge is 0.372 e. The molecule has 1 saturated heterocycles. The molecule has 25 heavy (non-hydrogen) atoms. The van der Waals surface area contributed by atoms with Crippen molar-refractivity contribution in [3.63, 3.8) is 0 Å². The Bertz CT molecular complexity index is 906. The molecule has 2 aromatic heterocycles. The average Bonchev–Trinajstić information content (AvgIpc) is 3.20. The zero-order chi connectivity index (χ0) is 17.4. The molecule has 3 aromatic rings. The SMILES string of the molecule is Cc1noc(C2CCN(Cc3c(C(=O)O)oc4ccccc34)CC2)n1. The molecule has 0 spiro atoms. The van der Waals surface area contributed by atoms with Gasteiger partial charge < -0.3 is 14.0 Å². The van der Waals surface area contributed by atoms with Gasteiger partial charge in [0.2, 0.25) is 11.7 Å². The van der Waals surface area contributed by atoms with E-state index in [2.05, 4.69) is 15.0 Å². The summed E-state index contributed by atoms with van der Waals surface area (Å²) in [6.07, 6.45) is 1.83. The monoisotopic (exact) mass is 341 g/mol. The summed E-state index contributed by atoms with van der Waals surface area (Å²) >= 11 is 0. The topological polar surface area (TPSA) is 92.6 Å². The Morgan fingerprint density at radius 3 is 2.76 bits per heavy atom. The van der Waals surface area contributed by atoms with Crippen LogP contribution in [0.15, 0.2) is 33.2 Å². The number of carbonyl (C=O) groups is 1. The van der Waals surface area contributed by atoms with Gasteiger partial charge in [-0.2, -0.15) is 4.98 Å². The molecule has 4 rings (SSSR count). The first-order chi connectivity index (χ1) is 12.1. The number of aromatic nitrogens is 2. The average molecular weight is 341 g/mol. The number of carboxylic acids is 1. The van der Waals surface area contributed by atoms with E-state index in [1.165, 1.54) is 0 Å². The summed E-state index contributed by atoms with van der Waals surface area (Å²) < 4.78 is 10.8. The van der Waals surface area contributed by atoms with Crippen molar-refractivity contribution in [1.29, 1.82) is 0 Å². The summed E-state index contributed by atoms with van der Waals surface area (Å²) in [5, 5.41) is 14.2. The van der Waals surface area contributed by atoms with Crippen LogP contribution in [-0.4, -0.2) is 39.2 Å². The summed E-state index contributed by atoms with van der Waals surface area (Å²) in [6, 6.07) is 7.46. The van der Waals surface area contributed by atoms with E-state index in [1.807, 2.05) is 25.1 Å². The number of fused-ring (bicyclic) bond motifs is 1. The molecule has 3 heterocycles. The minimum absolute atomic E-state index is 0.0378. The fourth-order valence-electron chi connectivity index (χ4n) is 3.47. The standard InChI is InChI=1S/C18H19N3O4/c1-11-19-17(25-20-11)12-6-8-21(9-7-12)10-14-13-4-2-3-5-15(13)24-16(14)18(22)23/h2-5,12H,6-10H2,1H3,(H,22,23). The Morgan fingerprint density at radius 1 is 1.32 bits per heavy atom. The van der Waals surface area contributed by atoms with E-state index in [9.17, 15) is 9.90 Å². The molecular formula is C18H19N3O4. The highest BCUT2D eigenvalue weighted by Crippen LogP contribution is 2.31. The number of para-hydroxylation sites is 1. The van der Waals surface area contributed by atoms with E-state index in [4.69, 9.17) is 8.94 Å². The normalized spacial score (nSPS) is 16.5.